The SMILES string of the molecule is CC1CCN(c2nc(C(F)(F)F)ccc2CNC(=O)Nc2cccc3nccnc23)CC1. The lowest BCUT2D eigenvalue weighted by molar-refractivity contribution is -0.141. The van der Waals surface area contributed by atoms with Crippen LogP contribution >= 0.6 is 0 Å². The number of pyridine rings is 1. The van der Waals surface area contributed by atoms with Crippen molar-refractivity contribution in [1.82, 2.24) is 20.3 Å². The summed E-state index contributed by atoms with van der Waals surface area (Å²) >= 11 is 0. The first kappa shape index (κ1) is 21.8. The van der Waals surface area contributed by atoms with Gasteiger partial charge >= 0.3 is 12.2 Å². The summed E-state index contributed by atoms with van der Waals surface area (Å²) in [5.41, 5.74) is 1.27. The summed E-state index contributed by atoms with van der Waals surface area (Å²) in [4.78, 5) is 26.7. The number of fused-ring (bicyclic) bond motifs is 1. The zero-order chi connectivity index (χ0) is 22.7. The molecule has 0 radical (unpaired) electrons. The minimum Gasteiger partial charge on any atom is -0.356 e. The Morgan fingerprint density at radius 1 is 1.12 bits per heavy atom. The molecule has 0 unspecified atom stereocenters. The van der Waals surface area contributed by atoms with Crippen LogP contribution in [0.25, 0.3) is 11.0 Å². The zero-order valence-electron chi connectivity index (χ0n) is 17.5. The molecule has 3 heterocycles. The van der Waals surface area contributed by atoms with Crippen LogP contribution in [0.4, 0.5) is 29.5 Å². The second-order valence-corrected chi connectivity index (χ2v) is 7.88. The standard InChI is InChI=1S/C22H23F3N6O/c1-14-7-11-31(12-8-14)20-15(5-6-18(30-20)22(23,24)25)13-28-21(32)29-17-4-2-3-16-19(17)27-10-9-26-16/h2-6,9-10,14H,7-8,11-13H2,1H3,(H2,28,29,32). The molecule has 168 valence electrons. The van der Waals surface area contributed by atoms with Crippen molar-refractivity contribution in [3.8, 4) is 0 Å². The molecule has 3 aromatic rings. The predicted molar refractivity (Wildman–Crippen MR) is 115 cm³/mol. The number of amides is 2. The van der Waals surface area contributed by atoms with Crippen LogP contribution in [0.5, 0.6) is 0 Å². The molecule has 2 amide bonds. The number of halogens is 3. The van der Waals surface area contributed by atoms with Crippen molar-refractivity contribution in [3.05, 3.63) is 54.0 Å². The van der Waals surface area contributed by atoms with Crippen molar-refractivity contribution in [2.24, 2.45) is 5.92 Å². The Morgan fingerprint density at radius 3 is 2.62 bits per heavy atom. The first-order valence-electron chi connectivity index (χ1n) is 10.4. The number of alkyl halides is 3. The number of rotatable bonds is 4. The largest absolute Gasteiger partial charge is 0.433 e. The average Bonchev–Trinajstić information content (AvgIpc) is 2.78. The molecule has 0 saturated carbocycles. The number of nitrogens with one attached hydrogen (secondary N) is 2. The van der Waals surface area contributed by atoms with E-state index in [1.165, 1.54) is 12.3 Å². The zero-order valence-corrected chi connectivity index (χ0v) is 17.5. The van der Waals surface area contributed by atoms with Crippen molar-refractivity contribution in [1.29, 1.82) is 0 Å². The van der Waals surface area contributed by atoms with E-state index < -0.39 is 17.9 Å². The van der Waals surface area contributed by atoms with Gasteiger partial charge in [0.15, 0.2) is 0 Å². The number of para-hydroxylation sites is 1. The van der Waals surface area contributed by atoms with Crippen molar-refractivity contribution in [3.63, 3.8) is 0 Å². The second kappa shape index (κ2) is 8.97. The van der Waals surface area contributed by atoms with Crippen LogP contribution in [0.15, 0.2) is 42.7 Å². The first-order valence-corrected chi connectivity index (χ1v) is 10.4. The van der Waals surface area contributed by atoms with Gasteiger partial charge in [-0.25, -0.2) is 9.78 Å². The quantitative estimate of drug-likeness (QED) is 0.615. The Labute approximate surface area is 183 Å². The van der Waals surface area contributed by atoms with E-state index in [1.807, 2.05) is 4.90 Å². The van der Waals surface area contributed by atoms with Gasteiger partial charge in [0, 0.05) is 37.6 Å². The lowest BCUT2D eigenvalue weighted by Gasteiger charge is -2.33. The van der Waals surface area contributed by atoms with Gasteiger partial charge in [-0.2, -0.15) is 13.2 Å². The highest BCUT2D eigenvalue weighted by molar-refractivity contribution is 5.98. The number of benzene rings is 1. The fraction of sp³-hybridized carbons (Fsp3) is 0.364. The van der Waals surface area contributed by atoms with E-state index in [0.29, 0.717) is 41.3 Å². The van der Waals surface area contributed by atoms with Crippen LogP contribution in [-0.4, -0.2) is 34.1 Å². The molecule has 0 aliphatic carbocycles. The topological polar surface area (TPSA) is 83.0 Å². The van der Waals surface area contributed by atoms with Gasteiger partial charge in [0.25, 0.3) is 0 Å². The third kappa shape index (κ3) is 4.90. The van der Waals surface area contributed by atoms with Crippen LogP contribution in [0.2, 0.25) is 0 Å². The number of anilines is 2. The molecule has 1 saturated heterocycles. The molecule has 0 atom stereocenters. The van der Waals surface area contributed by atoms with Gasteiger partial charge in [0.2, 0.25) is 0 Å². The molecule has 1 aromatic carbocycles. The van der Waals surface area contributed by atoms with Crippen molar-refractivity contribution >= 4 is 28.6 Å². The molecule has 2 aromatic heterocycles. The van der Waals surface area contributed by atoms with E-state index in [4.69, 9.17) is 0 Å². The van der Waals surface area contributed by atoms with Gasteiger partial charge in [-0.15, -0.1) is 0 Å². The summed E-state index contributed by atoms with van der Waals surface area (Å²) in [6.45, 7) is 3.42. The van der Waals surface area contributed by atoms with Crippen molar-refractivity contribution in [2.75, 3.05) is 23.3 Å². The maximum atomic E-state index is 13.2. The van der Waals surface area contributed by atoms with Gasteiger partial charge in [-0.1, -0.05) is 19.1 Å². The smallest absolute Gasteiger partial charge is 0.356 e. The minimum atomic E-state index is -4.53. The van der Waals surface area contributed by atoms with Crippen molar-refractivity contribution < 1.29 is 18.0 Å². The molecular formula is C22H23F3N6O. The highest BCUT2D eigenvalue weighted by Gasteiger charge is 2.34. The van der Waals surface area contributed by atoms with Crippen LogP contribution < -0.4 is 15.5 Å². The van der Waals surface area contributed by atoms with Crippen LogP contribution in [0.3, 0.4) is 0 Å². The summed E-state index contributed by atoms with van der Waals surface area (Å²) in [5.74, 6) is 0.788. The second-order valence-electron chi connectivity index (χ2n) is 7.88. The molecule has 1 aliphatic heterocycles. The third-order valence-corrected chi connectivity index (χ3v) is 5.52. The van der Waals surface area contributed by atoms with E-state index in [0.717, 1.165) is 18.9 Å². The number of hydrogen-bond donors (Lipinski definition) is 2. The Kier molecular flexibility index (Phi) is 6.11. The van der Waals surface area contributed by atoms with Gasteiger partial charge in [-0.05, 0) is 37.0 Å². The number of hydrogen-bond acceptors (Lipinski definition) is 5. The lowest BCUT2D eigenvalue weighted by Crippen LogP contribution is -2.35. The molecule has 0 bridgehead atoms. The molecule has 10 heteroatoms. The summed E-state index contributed by atoms with van der Waals surface area (Å²) in [7, 11) is 0. The van der Waals surface area contributed by atoms with Gasteiger partial charge in [0.1, 0.15) is 17.0 Å². The van der Waals surface area contributed by atoms with Gasteiger partial charge < -0.3 is 15.5 Å². The van der Waals surface area contributed by atoms with E-state index in [2.05, 4.69) is 32.5 Å². The van der Waals surface area contributed by atoms with E-state index in [1.54, 1.807) is 24.4 Å². The molecule has 1 fully saturated rings. The number of nitrogens with zero attached hydrogens (tertiary/aromatic N) is 4. The highest BCUT2D eigenvalue weighted by Crippen LogP contribution is 2.32. The monoisotopic (exact) mass is 444 g/mol. The molecule has 1 aliphatic rings. The fourth-order valence-corrected chi connectivity index (χ4v) is 3.70. The van der Waals surface area contributed by atoms with E-state index in [-0.39, 0.29) is 12.4 Å². The Morgan fingerprint density at radius 2 is 1.88 bits per heavy atom. The number of urea groups is 1. The molecule has 4 rings (SSSR count). The van der Waals surface area contributed by atoms with Crippen LogP contribution in [0.1, 0.15) is 31.0 Å². The van der Waals surface area contributed by atoms with Crippen LogP contribution in [-0.2, 0) is 12.7 Å². The highest BCUT2D eigenvalue weighted by atomic mass is 19.4. The first-order chi connectivity index (χ1) is 15.3. The molecule has 7 nitrogen and oxygen atoms in total. The predicted octanol–water partition coefficient (Wildman–Crippen LogP) is 4.60. The molecule has 0 spiro atoms. The number of carbonyl (C=O) groups is 1. The maximum absolute atomic E-state index is 13.2. The molecular weight excluding hydrogens is 421 g/mol. The van der Waals surface area contributed by atoms with Crippen LogP contribution in [0, 0.1) is 5.92 Å². The maximum Gasteiger partial charge on any atom is 0.433 e. The summed E-state index contributed by atoms with van der Waals surface area (Å²) in [5, 5.41) is 5.44. The molecule has 32 heavy (non-hydrogen) atoms. The van der Waals surface area contributed by atoms with E-state index in [9.17, 15) is 18.0 Å². The van der Waals surface area contributed by atoms with Crippen molar-refractivity contribution in [2.45, 2.75) is 32.5 Å². The lowest BCUT2D eigenvalue weighted by atomic mass is 9.99. The Balaban J connectivity index is 1.51. The van der Waals surface area contributed by atoms with E-state index >= 15 is 0 Å². The summed E-state index contributed by atoms with van der Waals surface area (Å²) in [6.07, 6.45) is 0.328. The summed E-state index contributed by atoms with van der Waals surface area (Å²) in [6, 6.07) is 7.07. The Hall–Kier alpha value is -3.43. The molecule has 2 N–H and O–H groups in total. The van der Waals surface area contributed by atoms with Gasteiger partial charge in [-0.3, -0.25) is 9.97 Å². The Bertz CT molecular complexity index is 1110. The fourth-order valence-electron chi connectivity index (χ4n) is 3.70. The number of piperidine rings is 1. The summed E-state index contributed by atoms with van der Waals surface area (Å²) < 4.78 is 39.7. The van der Waals surface area contributed by atoms with Gasteiger partial charge in [0.05, 0.1) is 11.2 Å². The normalized spacial score (nSPS) is 15.1. The minimum absolute atomic E-state index is 0.0365. The number of aromatic nitrogens is 3. The number of carbonyl (C=O) groups excluding carboxylic acids is 1. The third-order valence-electron chi connectivity index (χ3n) is 5.52. The average molecular weight is 444 g/mol.